The summed E-state index contributed by atoms with van der Waals surface area (Å²) in [5.41, 5.74) is -9.89. The fourth-order valence-electron chi connectivity index (χ4n) is 3.83. The van der Waals surface area contributed by atoms with Gasteiger partial charge in [0.05, 0.1) is 13.2 Å². The van der Waals surface area contributed by atoms with Crippen molar-refractivity contribution in [1.82, 2.24) is 5.32 Å². The molecular formula is C19H21F6NO7. The van der Waals surface area contributed by atoms with Crippen LogP contribution in [0.2, 0.25) is 0 Å². The third kappa shape index (κ3) is 4.59. The van der Waals surface area contributed by atoms with Gasteiger partial charge in [-0.25, -0.2) is 5.32 Å². The highest BCUT2D eigenvalue weighted by Crippen LogP contribution is 2.55. The molecule has 14 heteroatoms. The molecule has 1 aliphatic rings. The number of carbonyl (C=O) groups is 2. The Morgan fingerprint density at radius 3 is 1.55 bits per heavy atom. The van der Waals surface area contributed by atoms with Crippen molar-refractivity contribution in [2.24, 2.45) is 11.8 Å². The van der Waals surface area contributed by atoms with Gasteiger partial charge < -0.3 is 24.8 Å². The number of carbonyl (C=O) groups excluding carboxylic acids is 2. The molecule has 186 valence electrons. The molecule has 1 fully saturated rings. The van der Waals surface area contributed by atoms with Gasteiger partial charge in [-0.3, -0.25) is 9.59 Å². The van der Waals surface area contributed by atoms with E-state index in [-0.39, 0.29) is 0 Å². The first-order valence-electron chi connectivity index (χ1n) is 9.54. The molecule has 4 N–H and O–H groups in total. The minimum Gasteiger partial charge on any atom is -0.508 e. The third-order valence-corrected chi connectivity index (χ3v) is 5.22. The number of alkyl halides is 6. The van der Waals surface area contributed by atoms with E-state index in [1.54, 1.807) is 0 Å². The molecule has 0 spiro atoms. The maximum Gasteiger partial charge on any atom is 0.432 e. The van der Waals surface area contributed by atoms with Gasteiger partial charge in [-0.2, -0.15) is 26.3 Å². The van der Waals surface area contributed by atoms with Crippen molar-refractivity contribution in [2.75, 3.05) is 13.2 Å². The second-order valence-corrected chi connectivity index (χ2v) is 7.23. The molecule has 0 aromatic heterocycles. The van der Waals surface area contributed by atoms with E-state index < -0.39 is 78.0 Å². The zero-order chi connectivity index (χ0) is 25.4. The van der Waals surface area contributed by atoms with Crippen LogP contribution in [-0.2, 0) is 19.1 Å². The summed E-state index contributed by atoms with van der Waals surface area (Å²) in [6.07, 6.45) is -11.9. The molecule has 5 atom stereocenters. The summed E-state index contributed by atoms with van der Waals surface area (Å²) in [5, 5.41) is 31.1. The summed E-state index contributed by atoms with van der Waals surface area (Å²) >= 11 is 0. The average Bonchev–Trinajstić information content (AvgIpc) is 2.66. The van der Waals surface area contributed by atoms with Gasteiger partial charge in [0, 0.05) is 5.92 Å². The number of phenols is 1. The van der Waals surface area contributed by atoms with Gasteiger partial charge in [0.2, 0.25) is 11.4 Å². The Bertz CT molecular complexity index is 827. The van der Waals surface area contributed by atoms with Crippen LogP contribution < -0.4 is 5.32 Å². The zero-order valence-corrected chi connectivity index (χ0v) is 17.2. The zero-order valence-electron chi connectivity index (χ0n) is 17.2. The molecular weight excluding hydrogens is 468 g/mol. The van der Waals surface area contributed by atoms with E-state index >= 15 is 0 Å². The monoisotopic (exact) mass is 489 g/mol. The van der Waals surface area contributed by atoms with Gasteiger partial charge in [-0.15, -0.1) is 0 Å². The molecule has 0 bridgehead atoms. The molecule has 1 heterocycles. The highest BCUT2D eigenvalue weighted by Gasteiger charge is 2.78. The van der Waals surface area contributed by atoms with E-state index in [9.17, 15) is 51.3 Å². The number of piperidine rings is 1. The quantitative estimate of drug-likeness (QED) is 0.366. The Balaban J connectivity index is 2.95. The van der Waals surface area contributed by atoms with Crippen LogP contribution in [0.15, 0.2) is 24.3 Å². The van der Waals surface area contributed by atoms with Crippen LogP contribution >= 0.6 is 0 Å². The summed E-state index contributed by atoms with van der Waals surface area (Å²) in [6.45, 7) is 1.37. The van der Waals surface area contributed by atoms with Crippen LogP contribution in [0.4, 0.5) is 26.3 Å². The first-order chi connectivity index (χ1) is 15.0. The Morgan fingerprint density at radius 2 is 1.24 bits per heavy atom. The lowest BCUT2D eigenvalue weighted by Crippen LogP contribution is -2.81. The van der Waals surface area contributed by atoms with Crippen molar-refractivity contribution in [3.63, 3.8) is 0 Å². The number of aromatic hydroxyl groups is 1. The molecule has 8 nitrogen and oxygen atoms in total. The fourth-order valence-corrected chi connectivity index (χ4v) is 3.83. The lowest BCUT2D eigenvalue weighted by molar-refractivity contribution is -0.376. The van der Waals surface area contributed by atoms with Gasteiger partial charge in [-0.1, -0.05) is 12.1 Å². The van der Waals surface area contributed by atoms with Crippen molar-refractivity contribution < 1.29 is 60.7 Å². The molecule has 1 aromatic carbocycles. The van der Waals surface area contributed by atoms with Gasteiger partial charge in [0.15, 0.2) is 0 Å². The SMILES string of the molecule is CCOC(=O)[C@@H]1C(c2ccc(O)cc2)[C@@H](C(=O)OCC)[C@](O)(C(F)(F)F)N[C@]1(O)C(F)(F)F. The number of phenolic OH excluding ortho intramolecular Hbond substituents is 1. The Labute approximate surface area is 183 Å². The number of halogens is 6. The van der Waals surface area contributed by atoms with E-state index in [0.29, 0.717) is 5.32 Å². The van der Waals surface area contributed by atoms with E-state index in [0.717, 1.165) is 24.3 Å². The molecule has 1 saturated heterocycles. The Morgan fingerprint density at radius 1 is 0.879 bits per heavy atom. The van der Waals surface area contributed by atoms with Gasteiger partial charge in [0.1, 0.15) is 17.6 Å². The maximum atomic E-state index is 14.0. The van der Waals surface area contributed by atoms with E-state index in [1.165, 1.54) is 13.8 Å². The predicted molar refractivity (Wildman–Crippen MR) is 96.2 cm³/mol. The number of benzene rings is 1. The number of esters is 2. The van der Waals surface area contributed by atoms with Crippen molar-refractivity contribution >= 4 is 11.9 Å². The molecule has 1 aromatic rings. The van der Waals surface area contributed by atoms with Gasteiger partial charge >= 0.3 is 24.3 Å². The lowest BCUT2D eigenvalue weighted by Gasteiger charge is -2.54. The first kappa shape index (κ1) is 26.7. The number of rotatable bonds is 5. The van der Waals surface area contributed by atoms with Crippen molar-refractivity contribution in [3.05, 3.63) is 29.8 Å². The average molecular weight is 489 g/mol. The minimum atomic E-state index is -5.96. The van der Waals surface area contributed by atoms with E-state index in [2.05, 4.69) is 9.47 Å². The molecule has 33 heavy (non-hydrogen) atoms. The standard InChI is InChI=1S/C19H21F6NO7/c1-3-32-14(28)12-11(9-5-7-10(27)8-6-9)13(15(29)33-4-2)17(31,19(23,24)25)26-16(12,30)18(20,21)22/h5-8,11-13,26-27,30-31H,3-4H2,1-2H3/t11?,12-,13-,16-,17+/m0/s1. The lowest BCUT2D eigenvalue weighted by atomic mass is 9.64. The maximum absolute atomic E-state index is 14.0. The van der Waals surface area contributed by atoms with E-state index in [4.69, 9.17) is 0 Å². The largest absolute Gasteiger partial charge is 0.508 e. The van der Waals surface area contributed by atoms with Crippen LogP contribution in [-0.4, -0.2) is 64.3 Å². The van der Waals surface area contributed by atoms with Gasteiger partial charge in [-0.05, 0) is 31.5 Å². The first-order valence-corrected chi connectivity index (χ1v) is 9.54. The molecule has 0 amide bonds. The van der Waals surface area contributed by atoms with Crippen LogP contribution in [0.1, 0.15) is 25.3 Å². The fraction of sp³-hybridized carbons (Fsp3) is 0.579. The van der Waals surface area contributed by atoms with Crippen LogP contribution in [0.3, 0.4) is 0 Å². The van der Waals surface area contributed by atoms with Crippen molar-refractivity contribution in [2.45, 2.75) is 43.6 Å². The number of nitrogens with one attached hydrogen (secondary N) is 1. The highest BCUT2D eigenvalue weighted by atomic mass is 19.4. The molecule has 2 rings (SSSR count). The molecule has 1 unspecified atom stereocenters. The molecule has 0 saturated carbocycles. The van der Waals surface area contributed by atoms with Crippen molar-refractivity contribution in [3.8, 4) is 5.75 Å². The van der Waals surface area contributed by atoms with Gasteiger partial charge in [0.25, 0.3) is 0 Å². The number of hydrogen-bond acceptors (Lipinski definition) is 8. The number of aliphatic hydroxyl groups is 2. The second-order valence-electron chi connectivity index (χ2n) is 7.23. The van der Waals surface area contributed by atoms with Crippen LogP contribution in [0, 0.1) is 11.8 Å². The Kier molecular flexibility index (Phi) is 7.26. The molecule has 0 aliphatic carbocycles. The van der Waals surface area contributed by atoms with E-state index in [1.807, 2.05) is 0 Å². The number of ether oxygens (including phenoxy) is 2. The predicted octanol–water partition coefficient (Wildman–Crippen LogP) is 1.94. The smallest absolute Gasteiger partial charge is 0.432 e. The van der Waals surface area contributed by atoms with Crippen LogP contribution in [0.5, 0.6) is 5.75 Å². The second kappa shape index (κ2) is 8.99. The van der Waals surface area contributed by atoms with Crippen LogP contribution in [0.25, 0.3) is 0 Å². The molecule has 1 aliphatic heterocycles. The summed E-state index contributed by atoms with van der Waals surface area (Å²) in [5.74, 6) is -12.3. The molecule has 0 radical (unpaired) electrons. The van der Waals surface area contributed by atoms with Crippen molar-refractivity contribution in [1.29, 1.82) is 0 Å². The summed E-state index contributed by atoms with van der Waals surface area (Å²) in [4.78, 5) is 25.2. The highest BCUT2D eigenvalue weighted by molar-refractivity contribution is 5.81. The summed E-state index contributed by atoms with van der Waals surface area (Å²) in [7, 11) is 0. The Hall–Kier alpha value is -2.58. The number of hydrogen-bond donors (Lipinski definition) is 4. The summed E-state index contributed by atoms with van der Waals surface area (Å²) in [6, 6.07) is 3.44. The normalized spacial score (nSPS) is 30.5. The topological polar surface area (TPSA) is 125 Å². The minimum absolute atomic E-state index is 0.440. The third-order valence-electron chi connectivity index (χ3n) is 5.22. The summed E-state index contributed by atoms with van der Waals surface area (Å²) < 4.78 is 93.1.